The van der Waals surface area contributed by atoms with E-state index in [9.17, 15) is 0 Å². The quantitative estimate of drug-likeness (QED) is 0.320. The molecule has 0 saturated carbocycles. The molecule has 1 N–H and O–H groups in total. The molecule has 4 aromatic rings. The summed E-state index contributed by atoms with van der Waals surface area (Å²) in [5, 5.41) is 3.66. The second-order valence-electron chi connectivity index (χ2n) is 6.69. The summed E-state index contributed by atoms with van der Waals surface area (Å²) < 4.78 is 0. The molecule has 0 radical (unpaired) electrons. The third-order valence-electron chi connectivity index (χ3n) is 4.89. The average molecular weight is 414 g/mol. The Morgan fingerprint density at radius 3 is 1.28 bits per heavy atom. The van der Waals surface area contributed by atoms with Crippen molar-refractivity contribution >= 4 is 34.9 Å². The van der Waals surface area contributed by atoms with Gasteiger partial charge in [-0.15, -0.1) is 23.5 Å². The van der Waals surface area contributed by atoms with Gasteiger partial charge in [-0.3, -0.25) is 0 Å². The van der Waals surface area contributed by atoms with Crippen LogP contribution < -0.4 is 5.32 Å². The number of benzene rings is 4. The Kier molecular flexibility index (Phi) is 6.28. The SMILES string of the molecule is CSc1cc(-c2ccccc2)ccc1Nc1ccc(-c2ccccc2)cc1SC. The summed E-state index contributed by atoms with van der Waals surface area (Å²) >= 11 is 3.54. The van der Waals surface area contributed by atoms with Crippen LogP contribution in [-0.4, -0.2) is 12.5 Å². The molecule has 1 nitrogen and oxygen atoms in total. The molecule has 0 amide bonds. The zero-order valence-corrected chi connectivity index (χ0v) is 18.2. The van der Waals surface area contributed by atoms with Gasteiger partial charge in [-0.1, -0.05) is 72.8 Å². The molecule has 0 unspecified atom stereocenters. The summed E-state index contributed by atoms with van der Waals surface area (Å²) in [6, 6.07) is 34.3. The Bertz CT molecular complexity index is 1000. The van der Waals surface area contributed by atoms with Crippen LogP contribution in [-0.2, 0) is 0 Å². The van der Waals surface area contributed by atoms with Gasteiger partial charge in [0.05, 0.1) is 11.4 Å². The number of anilines is 2. The molecule has 144 valence electrons. The van der Waals surface area contributed by atoms with Crippen LogP contribution in [0.4, 0.5) is 11.4 Å². The molecule has 3 heteroatoms. The highest BCUT2D eigenvalue weighted by Crippen LogP contribution is 2.37. The number of nitrogens with one attached hydrogen (secondary N) is 1. The zero-order chi connectivity index (χ0) is 20.1. The molecule has 0 aromatic heterocycles. The summed E-state index contributed by atoms with van der Waals surface area (Å²) in [6.45, 7) is 0. The van der Waals surface area contributed by atoms with E-state index in [2.05, 4.69) is 115 Å². The van der Waals surface area contributed by atoms with Gasteiger partial charge in [0.2, 0.25) is 0 Å². The lowest BCUT2D eigenvalue weighted by atomic mass is 10.0. The summed E-state index contributed by atoms with van der Waals surface area (Å²) in [5.41, 5.74) is 7.24. The van der Waals surface area contributed by atoms with Gasteiger partial charge in [-0.2, -0.15) is 0 Å². The number of hydrogen-bond donors (Lipinski definition) is 1. The van der Waals surface area contributed by atoms with Gasteiger partial charge >= 0.3 is 0 Å². The summed E-state index contributed by atoms with van der Waals surface area (Å²) in [5.74, 6) is 0. The van der Waals surface area contributed by atoms with Crippen LogP contribution in [0.1, 0.15) is 0 Å². The molecule has 0 bridgehead atoms. The van der Waals surface area contributed by atoms with Crippen LogP contribution in [0, 0.1) is 0 Å². The first-order chi connectivity index (χ1) is 14.3. The minimum Gasteiger partial charge on any atom is -0.354 e. The van der Waals surface area contributed by atoms with Crippen molar-refractivity contribution in [2.24, 2.45) is 0 Å². The van der Waals surface area contributed by atoms with Crippen molar-refractivity contribution in [2.45, 2.75) is 9.79 Å². The maximum atomic E-state index is 3.66. The monoisotopic (exact) mass is 413 g/mol. The van der Waals surface area contributed by atoms with Crippen LogP contribution in [0.3, 0.4) is 0 Å². The molecule has 4 rings (SSSR count). The zero-order valence-electron chi connectivity index (χ0n) is 16.6. The first-order valence-corrected chi connectivity index (χ1v) is 12.0. The van der Waals surface area contributed by atoms with Crippen LogP contribution >= 0.6 is 23.5 Å². The fraction of sp³-hybridized carbons (Fsp3) is 0.0769. The predicted octanol–water partition coefficient (Wildman–Crippen LogP) is 8.21. The highest BCUT2D eigenvalue weighted by Gasteiger charge is 2.09. The van der Waals surface area contributed by atoms with Gasteiger partial charge in [-0.05, 0) is 59.0 Å². The van der Waals surface area contributed by atoms with Crippen LogP contribution in [0.5, 0.6) is 0 Å². The molecular formula is C26H23NS2. The minimum absolute atomic E-state index is 1.14. The second kappa shape index (κ2) is 9.25. The second-order valence-corrected chi connectivity index (χ2v) is 8.38. The molecule has 0 spiro atoms. The van der Waals surface area contributed by atoms with Crippen molar-refractivity contribution in [3.63, 3.8) is 0 Å². The van der Waals surface area contributed by atoms with Crippen molar-refractivity contribution in [1.29, 1.82) is 0 Å². The first-order valence-electron chi connectivity index (χ1n) is 9.52. The summed E-state index contributed by atoms with van der Waals surface area (Å²) in [4.78, 5) is 2.48. The van der Waals surface area contributed by atoms with Crippen molar-refractivity contribution in [2.75, 3.05) is 17.8 Å². The van der Waals surface area contributed by atoms with Gasteiger partial charge in [0.1, 0.15) is 0 Å². The van der Waals surface area contributed by atoms with Gasteiger partial charge in [0.25, 0.3) is 0 Å². The topological polar surface area (TPSA) is 12.0 Å². The van der Waals surface area contributed by atoms with Gasteiger partial charge < -0.3 is 5.32 Å². The highest BCUT2D eigenvalue weighted by atomic mass is 32.2. The Morgan fingerprint density at radius 2 is 0.897 bits per heavy atom. The fourth-order valence-corrected chi connectivity index (χ4v) is 4.52. The van der Waals surface area contributed by atoms with Gasteiger partial charge in [-0.25, -0.2) is 0 Å². The van der Waals surface area contributed by atoms with E-state index in [1.54, 1.807) is 23.5 Å². The van der Waals surface area contributed by atoms with Crippen LogP contribution in [0.2, 0.25) is 0 Å². The summed E-state index contributed by atoms with van der Waals surface area (Å²) in [6.07, 6.45) is 4.26. The Labute approximate surface area is 181 Å². The molecule has 0 aliphatic carbocycles. The normalized spacial score (nSPS) is 10.7. The molecule has 0 fully saturated rings. The molecule has 4 aromatic carbocycles. The molecule has 29 heavy (non-hydrogen) atoms. The van der Waals surface area contributed by atoms with Crippen molar-refractivity contribution in [1.82, 2.24) is 0 Å². The Morgan fingerprint density at radius 1 is 0.483 bits per heavy atom. The Hall–Kier alpha value is -2.62. The van der Waals surface area contributed by atoms with Crippen LogP contribution in [0.25, 0.3) is 22.3 Å². The van der Waals surface area contributed by atoms with E-state index < -0.39 is 0 Å². The van der Waals surface area contributed by atoms with E-state index in [4.69, 9.17) is 0 Å². The lowest BCUT2D eigenvalue weighted by molar-refractivity contribution is 1.36. The van der Waals surface area contributed by atoms with Crippen molar-refractivity contribution in [3.8, 4) is 22.3 Å². The standard InChI is InChI=1S/C26H23NS2/c1-28-25-17-21(19-9-5-3-6-10-19)13-15-23(25)27-24-16-14-22(18-26(24)29-2)20-11-7-4-8-12-20/h3-18,27H,1-2H3. The van der Waals surface area contributed by atoms with E-state index in [0.29, 0.717) is 0 Å². The lowest BCUT2D eigenvalue weighted by Gasteiger charge is -2.16. The largest absolute Gasteiger partial charge is 0.354 e. The van der Waals surface area contributed by atoms with Gasteiger partial charge in [0, 0.05) is 9.79 Å². The summed E-state index contributed by atoms with van der Waals surface area (Å²) in [7, 11) is 0. The molecular weight excluding hydrogens is 390 g/mol. The Balaban J connectivity index is 1.65. The van der Waals surface area contributed by atoms with E-state index in [0.717, 1.165) is 11.4 Å². The van der Waals surface area contributed by atoms with E-state index in [-0.39, 0.29) is 0 Å². The number of hydrogen-bond acceptors (Lipinski definition) is 3. The predicted molar refractivity (Wildman–Crippen MR) is 131 cm³/mol. The minimum atomic E-state index is 1.14. The average Bonchev–Trinajstić information content (AvgIpc) is 2.80. The number of rotatable bonds is 6. The third kappa shape index (κ3) is 4.52. The fourth-order valence-electron chi connectivity index (χ4n) is 3.35. The maximum absolute atomic E-state index is 3.66. The van der Waals surface area contributed by atoms with Crippen LogP contribution in [0.15, 0.2) is 107 Å². The van der Waals surface area contributed by atoms with Gasteiger partial charge in [0.15, 0.2) is 0 Å². The lowest BCUT2D eigenvalue weighted by Crippen LogP contribution is -1.95. The highest BCUT2D eigenvalue weighted by molar-refractivity contribution is 7.99. The molecule has 0 heterocycles. The molecule has 0 atom stereocenters. The van der Waals surface area contributed by atoms with E-state index in [1.807, 2.05) is 0 Å². The third-order valence-corrected chi connectivity index (χ3v) is 6.44. The first kappa shape index (κ1) is 19.7. The smallest absolute Gasteiger partial charge is 0.0523 e. The van der Waals surface area contributed by atoms with Crippen molar-refractivity contribution < 1.29 is 0 Å². The molecule has 0 saturated heterocycles. The van der Waals surface area contributed by atoms with E-state index >= 15 is 0 Å². The molecule has 0 aliphatic heterocycles. The molecule has 0 aliphatic rings. The maximum Gasteiger partial charge on any atom is 0.0523 e. The van der Waals surface area contributed by atoms with E-state index in [1.165, 1.54) is 32.0 Å². The van der Waals surface area contributed by atoms with Crippen molar-refractivity contribution in [3.05, 3.63) is 97.1 Å². The number of thioether (sulfide) groups is 2.